The fourth-order valence-corrected chi connectivity index (χ4v) is 1.80. The van der Waals surface area contributed by atoms with Gasteiger partial charge in [-0.25, -0.2) is 0 Å². The first-order valence-electron chi connectivity index (χ1n) is 7.26. The molecule has 0 bridgehead atoms. The van der Waals surface area contributed by atoms with E-state index >= 15 is 0 Å². The van der Waals surface area contributed by atoms with Gasteiger partial charge in [0.05, 0.1) is 5.69 Å². The van der Waals surface area contributed by atoms with E-state index in [0.29, 0.717) is 5.92 Å². The molecule has 1 aromatic rings. The summed E-state index contributed by atoms with van der Waals surface area (Å²) >= 11 is 0. The zero-order valence-electron chi connectivity index (χ0n) is 14.0. The second-order valence-corrected chi connectivity index (χ2v) is 6.63. The molecule has 3 nitrogen and oxygen atoms in total. The first kappa shape index (κ1) is 17.2. The van der Waals surface area contributed by atoms with Crippen LogP contribution in [0.5, 0.6) is 0 Å². The Hall–Kier alpha value is -1.90. The van der Waals surface area contributed by atoms with Crippen molar-refractivity contribution in [2.75, 3.05) is 5.01 Å². The van der Waals surface area contributed by atoms with Crippen LogP contribution in [-0.2, 0) is 10.2 Å². The molecule has 1 rings (SSSR count). The molecule has 114 valence electrons. The zero-order chi connectivity index (χ0) is 16.2. The van der Waals surface area contributed by atoms with Crippen LogP contribution in [0, 0.1) is 5.92 Å². The van der Waals surface area contributed by atoms with Crippen molar-refractivity contribution in [2.45, 2.75) is 47.0 Å². The highest BCUT2D eigenvalue weighted by Gasteiger charge is 2.16. The van der Waals surface area contributed by atoms with Gasteiger partial charge in [0.15, 0.2) is 0 Å². The third-order valence-corrected chi connectivity index (χ3v) is 3.59. The van der Waals surface area contributed by atoms with Crippen molar-refractivity contribution in [3.05, 3.63) is 41.5 Å². The molecule has 0 aromatic heterocycles. The van der Waals surface area contributed by atoms with Crippen molar-refractivity contribution in [2.24, 2.45) is 11.0 Å². The number of allylic oxidation sites excluding steroid dienone is 1. The molecular formula is C18H26N2O. The molecule has 0 unspecified atom stereocenters. The van der Waals surface area contributed by atoms with Gasteiger partial charge in [0, 0.05) is 12.8 Å². The predicted molar refractivity (Wildman–Crippen MR) is 90.8 cm³/mol. The molecule has 0 saturated carbocycles. The van der Waals surface area contributed by atoms with E-state index in [-0.39, 0.29) is 11.3 Å². The highest BCUT2D eigenvalue weighted by molar-refractivity contribution is 6.01. The fraction of sp³-hybridized carbons (Fsp3) is 0.444. The average Bonchev–Trinajstić information content (AvgIpc) is 2.38. The molecule has 1 amide bonds. The van der Waals surface area contributed by atoms with E-state index in [0.717, 1.165) is 11.3 Å². The molecule has 0 aliphatic rings. The van der Waals surface area contributed by atoms with Crippen LogP contribution in [0.3, 0.4) is 0 Å². The number of hydrogen-bond acceptors (Lipinski definition) is 2. The summed E-state index contributed by atoms with van der Waals surface area (Å²) in [6, 6.07) is 7.87. The Labute approximate surface area is 128 Å². The van der Waals surface area contributed by atoms with Gasteiger partial charge in [-0.2, -0.15) is 10.1 Å². The molecule has 1 aromatic carbocycles. The normalized spacial score (nSPS) is 12.4. The Kier molecular flexibility index (Phi) is 5.47. The second kappa shape index (κ2) is 6.70. The Morgan fingerprint density at radius 2 is 1.76 bits per heavy atom. The van der Waals surface area contributed by atoms with E-state index in [4.69, 9.17) is 0 Å². The first-order valence-corrected chi connectivity index (χ1v) is 7.26. The van der Waals surface area contributed by atoms with Crippen molar-refractivity contribution in [1.82, 2.24) is 0 Å². The summed E-state index contributed by atoms with van der Waals surface area (Å²) in [5.74, 6) is 0.170. The number of hydrogen-bond donors (Lipinski definition) is 0. The Balaban J connectivity index is 3.03. The van der Waals surface area contributed by atoms with Crippen molar-refractivity contribution >= 4 is 18.3 Å². The number of carbonyl (C=O) groups excluding carboxylic acids is 1. The number of carbonyl (C=O) groups is 1. The molecule has 0 N–H and O–H groups in total. The summed E-state index contributed by atoms with van der Waals surface area (Å²) in [6.45, 7) is 16.0. The second-order valence-electron chi connectivity index (χ2n) is 6.63. The summed E-state index contributed by atoms with van der Waals surface area (Å²) in [7, 11) is 0. The van der Waals surface area contributed by atoms with E-state index in [1.807, 2.05) is 31.2 Å². The highest BCUT2D eigenvalue weighted by Crippen LogP contribution is 2.25. The standard InChI is InChI=1S/C18H26N2O/c1-13(2)14(3)12-17(21)20(19-7)16-10-8-15(9-11-16)18(4,5)6/h8-13H,7H2,1-6H3/b14-12+. The van der Waals surface area contributed by atoms with Crippen LogP contribution in [-0.4, -0.2) is 12.6 Å². The maximum absolute atomic E-state index is 12.3. The van der Waals surface area contributed by atoms with Crippen LogP contribution in [0.4, 0.5) is 5.69 Å². The van der Waals surface area contributed by atoms with Crippen molar-refractivity contribution < 1.29 is 4.79 Å². The monoisotopic (exact) mass is 286 g/mol. The molecule has 0 atom stereocenters. The third-order valence-electron chi connectivity index (χ3n) is 3.59. The van der Waals surface area contributed by atoms with Gasteiger partial charge in [0.25, 0.3) is 5.91 Å². The van der Waals surface area contributed by atoms with E-state index < -0.39 is 0 Å². The van der Waals surface area contributed by atoms with Gasteiger partial charge in [0.2, 0.25) is 0 Å². The van der Waals surface area contributed by atoms with E-state index in [1.165, 1.54) is 10.6 Å². The van der Waals surface area contributed by atoms with Gasteiger partial charge in [-0.05, 0) is 36.0 Å². The topological polar surface area (TPSA) is 32.7 Å². The molecule has 21 heavy (non-hydrogen) atoms. The van der Waals surface area contributed by atoms with Crippen LogP contribution in [0.2, 0.25) is 0 Å². The average molecular weight is 286 g/mol. The van der Waals surface area contributed by atoms with Gasteiger partial charge in [0.1, 0.15) is 0 Å². The first-order chi connectivity index (χ1) is 9.66. The fourth-order valence-electron chi connectivity index (χ4n) is 1.80. The van der Waals surface area contributed by atoms with Gasteiger partial charge in [-0.1, -0.05) is 52.3 Å². The van der Waals surface area contributed by atoms with Gasteiger partial charge >= 0.3 is 0 Å². The number of benzene rings is 1. The minimum absolute atomic E-state index is 0.0864. The predicted octanol–water partition coefficient (Wildman–Crippen LogP) is 4.54. The molecule has 0 aliphatic heterocycles. The molecule has 0 aliphatic carbocycles. The van der Waals surface area contributed by atoms with Crippen LogP contribution < -0.4 is 5.01 Å². The maximum atomic E-state index is 12.3. The summed E-state index contributed by atoms with van der Waals surface area (Å²) in [5, 5.41) is 5.18. The summed E-state index contributed by atoms with van der Waals surface area (Å²) in [5.41, 5.74) is 3.07. The number of anilines is 1. The lowest BCUT2D eigenvalue weighted by molar-refractivity contribution is -0.114. The van der Waals surface area contributed by atoms with Crippen LogP contribution in [0.15, 0.2) is 41.0 Å². The Bertz CT molecular complexity index is 533. The molecule has 0 spiro atoms. The van der Waals surface area contributed by atoms with Crippen molar-refractivity contribution in [3.8, 4) is 0 Å². The Morgan fingerprint density at radius 3 is 2.14 bits per heavy atom. The maximum Gasteiger partial charge on any atom is 0.271 e. The van der Waals surface area contributed by atoms with Gasteiger partial charge in [-0.15, -0.1) is 0 Å². The lowest BCUT2D eigenvalue weighted by atomic mass is 9.87. The lowest BCUT2D eigenvalue weighted by Crippen LogP contribution is -2.23. The number of hydrazone groups is 1. The van der Waals surface area contributed by atoms with Gasteiger partial charge < -0.3 is 0 Å². The smallest absolute Gasteiger partial charge is 0.267 e. The van der Waals surface area contributed by atoms with E-state index in [1.54, 1.807) is 6.08 Å². The SMILES string of the molecule is C=NN(C(=O)/C=C(\C)C(C)C)c1ccc(C(C)(C)C)cc1. The van der Waals surface area contributed by atoms with Crippen molar-refractivity contribution in [1.29, 1.82) is 0 Å². The molecule has 3 heteroatoms. The Morgan fingerprint density at radius 1 is 1.24 bits per heavy atom. The molecular weight excluding hydrogens is 260 g/mol. The molecule has 0 radical (unpaired) electrons. The summed E-state index contributed by atoms with van der Waals surface area (Å²) < 4.78 is 0. The molecule has 0 fully saturated rings. The van der Waals surface area contributed by atoms with Crippen LogP contribution in [0.1, 0.15) is 47.1 Å². The quantitative estimate of drug-likeness (QED) is 0.454. The number of amides is 1. The minimum Gasteiger partial charge on any atom is -0.267 e. The summed E-state index contributed by atoms with van der Waals surface area (Å²) in [6.07, 6.45) is 1.62. The van der Waals surface area contributed by atoms with Gasteiger partial charge in [-0.3, -0.25) is 4.79 Å². The van der Waals surface area contributed by atoms with Crippen LogP contribution in [0.25, 0.3) is 0 Å². The van der Waals surface area contributed by atoms with Crippen molar-refractivity contribution in [3.63, 3.8) is 0 Å². The number of nitrogens with zero attached hydrogens (tertiary/aromatic N) is 2. The lowest BCUT2D eigenvalue weighted by Gasteiger charge is -2.21. The summed E-state index contributed by atoms with van der Waals surface area (Å²) in [4.78, 5) is 12.3. The van der Waals surface area contributed by atoms with E-state index in [9.17, 15) is 4.79 Å². The van der Waals surface area contributed by atoms with E-state index in [2.05, 4.69) is 46.4 Å². The highest BCUT2D eigenvalue weighted by atomic mass is 16.2. The largest absolute Gasteiger partial charge is 0.271 e. The number of rotatable bonds is 4. The van der Waals surface area contributed by atoms with Crippen LogP contribution >= 0.6 is 0 Å². The minimum atomic E-state index is -0.167. The zero-order valence-corrected chi connectivity index (χ0v) is 14.0. The molecule has 0 heterocycles. The third kappa shape index (κ3) is 4.55. The molecule has 0 saturated heterocycles.